The first-order chi connectivity index (χ1) is 8.04. The molecule has 1 aromatic rings. The van der Waals surface area contributed by atoms with E-state index in [2.05, 4.69) is 10.3 Å². The zero-order chi connectivity index (χ0) is 12.8. The third-order valence-corrected chi connectivity index (χ3v) is 2.64. The highest BCUT2D eigenvalue weighted by molar-refractivity contribution is 7.07. The quantitative estimate of drug-likeness (QED) is 0.675. The third kappa shape index (κ3) is 4.00. The Morgan fingerprint density at radius 1 is 1.65 bits per heavy atom. The second-order valence-electron chi connectivity index (χ2n) is 3.36. The van der Waals surface area contributed by atoms with Gasteiger partial charge in [-0.15, -0.1) is 11.3 Å². The van der Waals surface area contributed by atoms with Gasteiger partial charge in [0.15, 0.2) is 6.04 Å². The molecule has 0 aromatic carbocycles. The lowest BCUT2D eigenvalue weighted by Gasteiger charge is -2.19. The number of aliphatic hydroxyl groups excluding tert-OH is 1. The van der Waals surface area contributed by atoms with Gasteiger partial charge in [-0.1, -0.05) is 0 Å². The largest absolute Gasteiger partial charge is 0.480 e. The van der Waals surface area contributed by atoms with Crippen LogP contribution in [0.5, 0.6) is 0 Å². The van der Waals surface area contributed by atoms with Crippen LogP contribution < -0.4 is 5.32 Å². The molecular formula is C9H13N3O4S. The Morgan fingerprint density at radius 3 is 2.82 bits per heavy atom. The molecule has 0 saturated carbocycles. The first kappa shape index (κ1) is 13.4. The molecule has 8 heteroatoms. The number of thiazole rings is 1. The Kier molecular flexibility index (Phi) is 4.85. The van der Waals surface area contributed by atoms with E-state index in [0.717, 1.165) is 5.69 Å². The van der Waals surface area contributed by atoms with E-state index < -0.39 is 24.6 Å². The number of carbonyl (C=O) groups excluding carboxylic acids is 1. The number of rotatable bonds is 5. The lowest BCUT2D eigenvalue weighted by molar-refractivity contribution is -0.140. The number of urea groups is 1. The zero-order valence-corrected chi connectivity index (χ0v) is 9.98. The fourth-order valence-electron chi connectivity index (χ4n) is 1.08. The van der Waals surface area contributed by atoms with E-state index in [-0.39, 0.29) is 6.54 Å². The average molecular weight is 259 g/mol. The van der Waals surface area contributed by atoms with Crippen LogP contribution in [0.15, 0.2) is 10.9 Å². The van der Waals surface area contributed by atoms with E-state index in [1.54, 1.807) is 10.9 Å². The van der Waals surface area contributed by atoms with E-state index in [4.69, 9.17) is 10.2 Å². The van der Waals surface area contributed by atoms with Gasteiger partial charge >= 0.3 is 12.0 Å². The minimum Gasteiger partial charge on any atom is -0.480 e. The normalized spacial score (nSPS) is 11.9. The number of aromatic nitrogens is 1. The molecule has 0 unspecified atom stereocenters. The van der Waals surface area contributed by atoms with Crippen molar-refractivity contribution >= 4 is 23.3 Å². The summed E-state index contributed by atoms with van der Waals surface area (Å²) in [6.07, 6.45) is 0. The first-order valence-corrected chi connectivity index (χ1v) is 5.71. The Bertz CT molecular complexity index is 382. The van der Waals surface area contributed by atoms with Crippen molar-refractivity contribution in [2.75, 3.05) is 13.7 Å². The summed E-state index contributed by atoms with van der Waals surface area (Å²) in [6, 6.07) is -1.86. The fourth-order valence-corrected chi connectivity index (χ4v) is 1.62. The number of aliphatic hydroxyl groups is 1. The van der Waals surface area contributed by atoms with Crippen LogP contribution in [0.3, 0.4) is 0 Å². The van der Waals surface area contributed by atoms with Crippen molar-refractivity contribution in [3.8, 4) is 0 Å². The molecule has 0 radical (unpaired) electrons. The van der Waals surface area contributed by atoms with E-state index in [0.29, 0.717) is 0 Å². The zero-order valence-electron chi connectivity index (χ0n) is 9.16. The summed E-state index contributed by atoms with van der Waals surface area (Å²) in [5.74, 6) is -1.28. The molecule has 94 valence electrons. The summed E-state index contributed by atoms with van der Waals surface area (Å²) in [7, 11) is 1.52. The molecule has 0 aliphatic carbocycles. The van der Waals surface area contributed by atoms with Gasteiger partial charge < -0.3 is 20.4 Å². The number of carboxylic acid groups (broad SMARTS) is 1. The van der Waals surface area contributed by atoms with E-state index in [1.165, 1.54) is 23.3 Å². The fraction of sp³-hybridized carbons (Fsp3) is 0.444. The Labute approximate surface area is 102 Å². The highest BCUT2D eigenvalue weighted by Gasteiger charge is 2.20. The van der Waals surface area contributed by atoms with Gasteiger partial charge in [0, 0.05) is 12.4 Å². The number of nitrogens with one attached hydrogen (secondary N) is 1. The number of nitrogens with zero attached hydrogens (tertiary/aromatic N) is 2. The highest BCUT2D eigenvalue weighted by atomic mass is 32.1. The molecule has 0 aliphatic heterocycles. The van der Waals surface area contributed by atoms with Gasteiger partial charge in [0.25, 0.3) is 0 Å². The van der Waals surface area contributed by atoms with Crippen molar-refractivity contribution in [1.82, 2.24) is 15.2 Å². The van der Waals surface area contributed by atoms with Gasteiger partial charge in [-0.05, 0) is 0 Å². The Morgan fingerprint density at radius 2 is 2.35 bits per heavy atom. The predicted molar refractivity (Wildman–Crippen MR) is 60.6 cm³/mol. The van der Waals surface area contributed by atoms with Crippen molar-refractivity contribution in [2.24, 2.45) is 0 Å². The number of aliphatic carboxylic acids is 1. The molecule has 1 aromatic heterocycles. The van der Waals surface area contributed by atoms with Gasteiger partial charge in [-0.3, -0.25) is 0 Å². The molecule has 0 spiro atoms. The van der Waals surface area contributed by atoms with Crippen LogP contribution in [0, 0.1) is 0 Å². The number of hydrogen-bond acceptors (Lipinski definition) is 5. The molecule has 0 fully saturated rings. The smallest absolute Gasteiger partial charge is 0.328 e. The summed E-state index contributed by atoms with van der Waals surface area (Å²) >= 11 is 1.41. The minimum absolute atomic E-state index is 0.285. The molecule has 3 N–H and O–H groups in total. The Hall–Kier alpha value is -1.67. The summed E-state index contributed by atoms with van der Waals surface area (Å²) in [4.78, 5) is 27.5. The van der Waals surface area contributed by atoms with Crippen LogP contribution in [0.25, 0.3) is 0 Å². The third-order valence-electron chi connectivity index (χ3n) is 2.01. The summed E-state index contributed by atoms with van der Waals surface area (Å²) in [6.45, 7) is -0.362. The number of carbonyl (C=O) groups is 2. The van der Waals surface area contributed by atoms with Crippen LogP contribution in [0.1, 0.15) is 5.69 Å². The molecule has 17 heavy (non-hydrogen) atoms. The first-order valence-electron chi connectivity index (χ1n) is 4.77. The topological polar surface area (TPSA) is 103 Å². The molecule has 0 bridgehead atoms. The molecule has 2 amide bonds. The lowest BCUT2D eigenvalue weighted by Crippen LogP contribution is -2.48. The van der Waals surface area contributed by atoms with Gasteiger partial charge in [-0.25, -0.2) is 14.6 Å². The maximum atomic E-state index is 11.6. The highest BCUT2D eigenvalue weighted by Crippen LogP contribution is 2.04. The van der Waals surface area contributed by atoms with Crippen LogP contribution >= 0.6 is 11.3 Å². The second kappa shape index (κ2) is 6.16. The lowest BCUT2D eigenvalue weighted by atomic mass is 10.3. The van der Waals surface area contributed by atoms with Crippen molar-refractivity contribution in [3.05, 3.63) is 16.6 Å². The molecule has 0 aliphatic rings. The SMILES string of the molecule is CN(Cc1cscn1)C(=O)N[C@H](CO)C(=O)O. The average Bonchev–Trinajstić information content (AvgIpc) is 2.77. The number of carboxylic acids is 1. The van der Waals surface area contributed by atoms with Crippen molar-refractivity contribution in [2.45, 2.75) is 12.6 Å². The van der Waals surface area contributed by atoms with Crippen LogP contribution in [-0.2, 0) is 11.3 Å². The predicted octanol–water partition coefficient (Wildman–Crippen LogP) is -0.270. The van der Waals surface area contributed by atoms with Gasteiger partial charge in [0.2, 0.25) is 0 Å². The van der Waals surface area contributed by atoms with Crippen LogP contribution in [0.4, 0.5) is 4.79 Å². The molecule has 1 heterocycles. The van der Waals surface area contributed by atoms with E-state index >= 15 is 0 Å². The van der Waals surface area contributed by atoms with Gasteiger partial charge in [0.1, 0.15) is 0 Å². The summed E-state index contributed by atoms with van der Waals surface area (Å²) in [5, 5.41) is 21.4. The molecule has 7 nitrogen and oxygen atoms in total. The van der Waals surface area contributed by atoms with Crippen molar-refractivity contribution in [1.29, 1.82) is 0 Å². The maximum absolute atomic E-state index is 11.6. The van der Waals surface area contributed by atoms with E-state index in [1.807, 2.05) is 0 Å². The standard InChI is InChI=1S/C9H13N3O4S/c1-12(2-6-4-17-5-10-6)9(16)11-7(3-13)8(14)15/h4-5,7,13H,2-3H2,1H3,(H,11,16)(H,14,15)/t7-/m1/s1. The number of hydrogen-bond donors (Lipinski definition) is 3. The van der Waals surface area contributed by atoms with Crippen molar-refractivity contribution < 1.29 is 19.8 Å². The molecule has 1 rings (SSSR count). The summed E-state index contributed by atoms with van der Waals surface area (Å²) in [5.41, 5.74) is 2.37. The Balaban J connectivity index is 2.49. The van der Waals surface area contributed by atoms with Crippen LogP contribution in [-0.4, -0.2) is 51.8 Å². The molecular weight excluding hydrogens is 246 g/mol. The second-order valence-corrected chi connectivity index (χ2v) is 4.08. The molecule has 1 atom stereocenters. The van der Waals surface area contributed by atoms with Crippen LogP contribution in [0.2, 0.25) is 0 Å². The molecule has 0 saturated heterocycles. The van der Waals surface area contributed by atoms with Crippen molar-refractivity contribution in [3.63, 3.8) is 0 Å². The van der Waals surface area contributed by atoms with E-state index in [9.17, 15) is 9.59 Å². The maximum Gasteiger partial charge on any atom is 0.328 e. The minimum atomic E-state index is -1.29. The number of amides is 2. The van der Waals surface area contributed by atoms with Gasteiger partial charge in [-0.2, -0.15) is 0 Å². The monoisotopic (exact) mass is 259 g/mol. The van der Waals surface area contributed by atoms with Gasteiger partial charge in [0.05, 0.1) is 24.4 Å². The summed E-state index contributed by atoms with van der Waals surface area (Å²) < 4.78 is 0.